The Balaban J connectivity index is 1.99. The first kappa shape index (κ1) is 14.4. The number of rotatable bonds is 4. The van der Waals surface area contributed by atoms with Crippen molar-refractivity contribution in [3.05, 3.63) is 47.2 Å². The third-order valence-corrected chi connectivity index (χ3v) is 3.16. The number of halogens is 1. The quantitative estimate of drug-likeness (QED) is 0.940. The molecule has 0 saturated carbocycles. The SMILES string of the molecule is CCn1nccc1CN(C)C(=O)Nc1cccc(Cl)c1. The molecule has 0 aliphatic rings. The summed E-state index contributed by atoms with van der Waals surface area (Å²) >= 11 is 5.89. The lowest BCUT2D eigenvalue weighted by molar-refractivity contribution is 0.219. The zero-order valence-corrected chi connectivity index (χ0v) is 12.3. The molecular formula is C14H17ClN4O. The standard InChI is InChI=1S/C14H17ClN4O/c1-3-19-13(7-8-16-19)10-18(2)14(20)17-12-6-4-5-11(15)9-12/h4-9H,3,10H2,1-2H3,(H,17,20). The average molecular weight is 293 g/mol. The topological polar surface area (TPSA) is 50.2 Å². The number of urea groups is 1. The molecule has 0 aliphatic heterocycles. The van der Waals surface area contributed by atoms with E-state index in [4.69, 9.17) is 11.6 Å². The number of hydrogen-bond acceptors (Lipinski definition) is 2. The molecule has 6 heteroatoms. The number of benzene rings is 1. The van der Waals surface area contributed by atoms with E-state index in [1.54, 1.807) is 42.4 Å². The van der Waals surface area contributed by atoms with Crippen molar-refractivity contribution in [2.75, 3.05) is 12.4 Å². The van der Waals surface area contributed by atoms with Gasteiger partial charge in [0, 0.05) is 30.5 Å². The summed E-state index contributed by atoms with van der Waals surface area (Å²) in [5.41, 5.74) is 1.68. The van der Waals surface area contributed by atoms with E-state index < -0.39 is 0 Å². The van der Waals surface area contributed by atoms with Crippen molar-refractivity contribution < 1.29 is 4.79 Å². The molecule has 106 valence electrons. The van der Waals surface area contributed by atoms with E-state index >= 15 is 0 Å². The Bertz CT molecular complexity index is 596. The first-order valence-electron chi connectivity index (χ1n) is 6.38. The third kappa shape index (κ3) is 3.51. The number of aryl methyl sites for hydroxylation is 1. The van der Waals surface area contributed by atoms with Crippen LogP contribution in [0.2, 0.25) is 5.02 Å². The molecule has 20 heavy (non-hydrogen) atoms. The number of amides is 2. The number of hydrogen-bond donors (Lipinski definition) is 1. The van der Waals surface area contributed by atoms with Crippen LogP contribution in [-0.4, -0.2) is 27.8 Å². The van der Waals surface area contributed by atoms with Crippen LogP contribution in [0.1, 0.15) is 12.6 Å². The second-order valence-electron chi connectivity index (χ2n) is 4.43. The van der Waals surface area contributed by atoms with Gasteiger partial charge >= 0.3 is 6.03 Å². The molecule has 0 fully saturated rings. The maximum Gasteiger partial charge on any atom is 0.321 e. The second-order valence-corrected chi connectivity index (χ2v) is 4.87. The number of nitrogens with zero attached hydrogens (tertiary/aromatic N) is 3. The Morgan fingerprint density at radius 2 is 2.25 bits per heavy atom. The molecule has 0 bridgehead atoms. The van der Waals surface area contributed by atoms with Gasteiger partial charge in [-0.1, -0.05) is 17.7 Å². The van der Waals surface area contributed by atoms with Crippen molar-refractivity contribution in [2.45, 2.75) is 20.0 Å². The van der Waals surface area contributed by atoms with Crippen LogP contribution in [0.3, 0.4) is 0 Å². The minimum absolute atomic E-state index is 0.184. The summed E-state index contributed by atoms with van der Waals surface area (Å²) < 4.78 is 1.86. The van der Waals surface area contributed by atoms with Gasteiger partial charge in [-0.25, -0.2) is 4.79 Å². The predicted molar refractivity (Wildman–Crippen MR) is 79.8 cm³/mol. The van der Waals surface area contributed by atoms with Crippen LogP contribution in [0.4, 0.5) is 10.5 Å². The number of carbonyl (C=O) groups excluding carboxylic acids is 1. The molecule has 0 unspecified atom stereocenters. The van der Waals surface area contributed by atoms with Crippen molar-refractivity contribution in [3.8, 4) is 0 Å². The highest BCUT2D eigenvalue weighted by molar-refractivity contribution is 6.30. The van der Waals surface area contributed by atoms with Crippen LogP contribution >= 0.6 is 11.6 Å². The molecule has 1 N–H and O–H groups in total. The van der Waals surface area contributed by atoms with Crippen LogP contribution in [0.25, 0.3) is 0 Å². The summed E-state index contributed by atoms with van der Waals surface area (Å²) in [6.07, 6.45) is 1.74. The van der Waals surface area contributed by atoms with Gasteiger partial charge in [0.25, 0.3) is 0 Å². The Kier molecular flexibility index (Phi) is 4.63. The van der Waals surface area contributed by atoms with Crippen LogP contribution in [0, 0.1) is 0 Å². The highest BCUT2D eigenvalue weighted by atomic mass is 35.5. The number of aromatic nitrogens is 2. The maximum absolute atomic E-state index is 12.1. The predicted octanol–water partition coefficient (Wildman–Crippen LogP) is 3.22. The lowest BCUT2D eigenvalue weighted by atomic mass is 10.3. The van der Waals surface area contributed by atoms with Crippen LogP contribution in [0.15, 0.2) is 36.5 Å². The fraction of sp³-hybridized carbons (Fsp3) is 0.286. The monoisotopic (exact) mass is 292 g/mol. The molecule has 1 heterocycles. The summed E-state index contributed by atoms with van der Waals surface area (Å²) in [4.78, 5) is 13.7. The molecule has 1 aromatic heterocycles. The highest BCUT2D eigenvalue weighted by Crippen LogP contribution is 2.15. The minimum atomic E-state index is -0.184. The van der Waals surface area contributed by atoms with Crippen LogP contribution in [-0.2, 0) is 13.1 Å². The van der Waals surface area contributed by atoms with E-state index in [1.165, 1.54) is 0 Å². The van der Waals surface area contributed by atoms with Crippen molar-refractivity contribution in [1.29, 1.82) is 0 Å². The van der Waals surface area contributed by atoms with E-state index in [0.29, 0.717) is 17.3 Å². The summed E-state index contributed by atoms with van der Waals surface area (Å²) in [5, 5.41) is 7.58. The Morgan fingerprint density at radius 3 is 2.95 bits per heavy atom. The number of carbonyl (C=O) groups is 1. The molecule has 2 rings (SSSR count). The van der Waals surface area contributed by atoms with E-state index in [2.05, 4.69) is 10.4 Å². The summed E-state index contributed by atoms with van der Waals surface area (Å²) in [7, 11) is 1.74. The molecule has 0 radical (unpaired) electrons. The van der Waals surface area contributed by atoms with Gasteiger partial charge in [-0.05, 0) is 31.2 Å². The second kappa shape index (κ2) is 6.43. The molecule has 0 saturated heterocycles. The van der Waals surface area contributed by atoms with Gasteiger partial charge in [0.15, 0.2) is 0 Å². The highest BCUT2D eigenvalue weighted by Gasteiger charge is 2.11. The smallest absolute Gasteiger partial charge is 0.321 e. The van der Waals surface area contributed by atoms with Gasteiger partial charge in [-0.3, -0.25) is 4.68 Å². The maximum atomic E-state index is 12.1. The molecule has 1 aromatic carbocycles. The van der Waals surface area contributed by atoms with Crippen LogP contribution < -0.4 is 5.32 Å². The van der Waals surface area contributed by atoms with E-state index in [-0.39, 0.29) is 6.03 Å². The minimum Gasteiger partial charge on any atom is -0.322 e. The van der Waals surface area contributed by atoms with Gasteiger partial charge in [0.05, 0.1) is 12.2 Å². The molecule has 5 nitrogen and oxygen atoms in total. The molecule has 0 atom stereocenters. The van der Waals surface area contributed by atoms with Gasteiger partial charge in [0.2, 0.25) is 0 Å². The van der Waals surface area contributed by atoms with Crippen molar-refractivity contribution in [1.82, 2.24) is 14.7 Å². The van der Waals surface area contributed by atoms with Crippen molar-refractivity contribution in [2.24, 2.45) is 0 Å². The zero-order valence-electron chi connectivity index (χ0n) is 11.5. The first-order valence-corrected chi connectivity index (χ1v) is 6.76. The number of anilines is 1. The Morgan fingerprint density at radius 1 is 1.45 bits per heavy atom. The lowest BCUT2D eigenvalue weighted by Crippen LogP contribution is -2.31. The fourth-order valence-electron chi connectivity index (χ4n) is 1.88. The van der Waals surface area contributed by atoms with E-state index in [0.717, 1.165) is 12.2 Å². The summed E-state index contributed by atoms with van der Waals surface area (Å²) in [6, 6.07) is 8.80. The van der Waals surface area contributed by atoms with Crippen molar-refractivity contribution in [3.63, 3.8) is 0 Å². The molecule has 2 aromatic rings. The zero-order chi connectivity index (χ0) is 14.5. The lowest BCUT2D eigenvalue weighted by Gasteiger charge is -2.18. The molecule has 2 amide bonds. The van der Waals surface area contributed by atoms with Gasteiger partial charge in [-0.15, -0.1) is 0 Å². The Labute approximate surface area is 123 Å². The summed E-state index contributed by atoms with van der Waals surface area (Å²) in [5.74, 6) is 0. The number of nitrogens with one attached hydrogen (secondary N) is 1. The van der Waals surface area contributed by atoms with E-state index in [1.807, 2.05) is 17.7 Å². The molecular weight excluding hydrogens is 276 g/mol. The van der Waals surface area contributed by atoms with Gasteiger partial charge < -0.3 is 10.2 Å². The normalized spacial score (nSPS) is 10.3. The summed E-state index contributed by atoms with van der Waals surface area (Å²) in [6.45, 7) is 3.30. The first-order chi connectivity index (χ1) is 9.60. The van der Waals surface area contributed by atoms with Gasteiger partial charge in [0.1, 0.15) is 0 Å². The third-order valence-electron chi connectivity index (χ3n) is 2.93. The largest absolute Gasteiger partial charge is 0.322 e. The van der Waals surface area contributed by atoms with E-state index in [9.17, 15) is 4.79 Å². The average Bonchev–Trinajstić information content (AvgIpc) is 2.85. The molecule has 0 aliphatic carbocycles. The Hall–Kier alpha value is -2.01. The van der Waals surface area contributed by atoms with Gasteiger partial charge in [-0.2, -0.15) is 5.10 Å². The fourth-order valence-corrected chi connectivity index (χ4v) is 2.07. The van der Waals surface area contributed by atoms with Crippen molar-refractivity contribution >= 4 is 23.3 Å². The molecule has 0 spiro atoms. The van der Waals surface area contributed by atoms with Crippen LogP contribution in [0.5, 0.6) is 0 Å².